The molecule has 12 heteroatoms. The fourth-order valence-corrected chi connectivity index (χ4v) is 7.97. The summed E-state index contributed by atoms with van der Waals surface area (Å²) in [5.41, 5.74) is 5.64. The predicted octanol–water partition coefficient (Wildman–Crippen LogP) is 4.92. The van der Waals surface area contributed by atoms with Crippen molar-refractivity contribution >= 4 is 57.7 Å². The van der Waals surface area contributed by atoms with Crippen LogP contribution >= 0.6 is 12.1 Å². The van der Waals surface area contributed by atoms with Crippen molar-refractivity contribution in [2.24, 2.45) is 0 Å². The molecule has 6 heterocycles. The van der Waals surface area contributed by atoms with Gasteiger partial charge in [-0.15, -0.1) is 0 Å². The average Bonchev–Trinajstić information content (AvgIpc) is 3.76. The Morgan fingerprint density at radius 3 is 2.67 bits per heavy atom. The number of anilines is 6. The zero-order valence-corrected chi connectivity index (χ0v) is 24.6. The molecule has 4 aliphatic rings. The van der Waals surface area contributed by atoms with Crippen LogP contribution in [0.15, 0.2) is 42.6 Å². The number of aromatic nitrogens is 4. The summed E-state index contributed by atoms with van der Waals surface area (Å²) in [5.74, 6) is 0.916. The van der Waals surface area contributed by atoms with Crippen LogP contribution in [-0.2, 0) is 6.42 Å². The number of rotatable bonds is 6. The van der Waals surface area contributed by atoms with E-state index in [2.05, 4.69) is 68.9 Å². The Hall–Kier alpha value is -3.61. The molecule has 0 unspecified atom stereocenters. The summed E-state index contributed by atoms with van der Waals surface area (Å²) >= 11 is 1.64. The van der Waals surface area contributed by atoms with E-state index in [0.717, 1.165) is 88.5 Å². The maximum Gasteiger partial charge on any atom is 0.231 e. The topological polar surface area (TPSA) is 82.7 Å². The summed E-state index contributed by atoms with van der Waals surface area (Å²) in [6, 6.07) is 12.4. The Morgan fingerprint density at radius 1 is 1.00 bits per heavy atom. The molecule has 218 valence electrons. The second kappa shape index (κ2) is 10.6. The molecule has 4 aromatic rings. The number of H-pyrrole nitrogens is 1. The van der Waals surface area contributed by atoms with Gasteiger partial charge in [0.25, 0.3) is 0 Å². The molecule has 0 atom stereocenters. The number of nitrogens with zero attached hydrogens (tertiary/aromatic N) is 8. The molecule has 0 amide bonds. The van der Waals surface area contributed by atoms with Crippen LogP contribution in [-0.4, -0.2) is 88.4 Å². The summed E-state index contributed by atoms with van der Waals surface area (Å²) in [6.07, 6.45) is 4.96. The standard InChI is InChI=1S/C30H35FN10S/c1-2-37-14-16-38(17-15-37)22-9-11-39(12-10-22)25-7-6-21(18-24(25)31)33-30-34-28-23(19-32-36-28)29(35-30)41-26-5-3-4-20-8-13-40(42-41)27(20)26/h3-7,18-19,22H,2,8-17H2,1H3,(H2,32,33,34,35,36). The van der Waals surface area contributed by atoms with E-state index >= 15 is 4.39 Å². The molecule has 42 heavy (non-hydrogen) atoms. The molecule has 2 aromatic heterocycles. The van der Waals surface area contributed by atoms with Crippen LogP contribution in [0.2, 0.25) is 0 Å². The summed E-state index contributed by atoms with van der Waals surface area (Å²) in [4.78, 5) is 16.9. The first-order valence-electron chi connectivity index (χ1n) is 15.0. The largest absolute Gasteiger partial charge is 0.369 e. The Morgan fingerprint density at radius 2 is 1.86 bits per heavy atom. The van der Waals surface area contributed by atoms with Crippen molar-refractivity contribution in [1.82, 2.24) is 30.0 Å². The predicted molar refractivity (Wildman–Crippen MR) is 168 cm³/mol. The highest BCUT2D eigenvalue weighted by atomic mass is 32.2. The molecule has 2 saturated heterocycles. The lowest BCUT2D eigenvalue weighted by atomic mass is 10.0. The van der Waals surface area contributed by atoms with Gasteiger partial charge in [-0.2, -0.15) is 15.1 Å². The molecule has 0 bridgehead atoms. The minimum atomic E-state index is -0.229. The average molecular weight is 587 g/mol. The molecule has 2 fully saturated rings. The normalized spacial score (nSPS) is 19.7. The summed E-state index contributed by atoms with van der Waals surface area (Å²) in [5, 5.41) is 11.3. The van der Waals surface area contributed by atoms with E-state index in [-0.39, 0.29) is 5.82 Å². The number of piperazine rings is 1. The van der Waals surface area contributed by atoms with Crippen molar-refractivity contribution < 1.29 is 4.39 Å². The zero-order chi connectivity index (χ0) is 28.2. The number of aromatic amines is 1. The van der Waals surface area contributed by atoms with Crippen molar-refractivity contribution in [2.75, 3.05) is 71.2 Å². The van der Waals surface area contributed by atoms with E-state index in [0.29, 0.717) is 29.0 Å². The summed E-state index contributed by atoms with van der Waals surface area (Å²) in [7, 11) is 0. The molecule has 8 rings (SSSR count). The third-order valence-corrected chi connectivity index (χ3v) is 10.3. The first-order chi connectivity index (χ1) is 20.6. The third-order valence-electron chi connectivity index (χ3n) is 9.19. The Kier molecular flexibility index (Phi) is 6.57. The highest BCUT2D eigenvalue weighted by molar-refractivity contribution is 8.02. The molecule has 0 radical (unpaired) electrons. The van der Waals surface area contributed by atoms with Crippen LogP contribution in [0.1, 0.15) is 25.3 Å². The van der Waals surface area contributed by atoms with Gasteiger partial charge in [0.1, 0.15) is 5.82 Å². The zero-order valence-electron chi connectivity index (χ0n) is 23.8. The molecular weight excluding hydrogens is 551 g/mol. The molecule has 10 nitrogen and oxygen atoms in total. The Balaban J connectivity index is 0.986. The van der Waals surface area contributed by atoms with E-state index in [9.17, 15) is 0 Å². The van der Waals surface area contributed by atoms with Gasteiger partial charge in [-0.25, -0.2) is 8.70 Å². The molecular formula is C30H35FN10S. The first-order valence-corrected chi connectivity index (χ1v) is 15.7. The fourth-order valence-electron chi connectivity index (χ4n) is 6.86. The number of para-hydroxylation sites is 1. The van der Waals surface area contributed by atoms with Crippen LogP contribution in [0.25, 0.3) is 11.0 Å². The highest BCUT2D eigenvalue weighted by Crippen LogP contribution is 2.53. The van der Waals surface area contributed by atoms with Gasteiger partial charge in [-0.3, -0.25) is 14.3 Å². The number of halogens is 1. The maximum absolute atomic E-state index is 15.5. The van der Waals surface area contributed by atoms with Gasteiger partial charge in [0, 0.05) is 57.5 Å². The van der Waals surface area contributed by atoms with Crippen molar-refractivity contribution in [3.63, 3.8) is 0 Å². The molecule has 4 aliphatic heterocycles. The monoisotopic (exact) mass is 586 g/mol. The lowest BCUT2D eigenvalue weighted by Crippen LogP contribution is -2.53. The van der Waals surface area contributed by atoms with Crippen LogP contribution in [0, 0.1) is 5.82 Å². The number of likely N-dealkylation sites (N-methyl/N-ethyl adjacent to an activating group) is 1. The van der Waals surface area contributed by atoms with Gasteiger partial charge in [-0.05, 0) is 55.6 Å². The van der Waals surface area contributed by atoms with E-state index in [4.69, 9.17) is 4.98 Å². The number of fused-ring (bicyclic) bond motifs is 1. The second-order valence-corrected chi connectivity index (χ2v) is 12.5. The van der Waals surface area contributed by atoms with Gasteiger partial charge in [0.05, 0.1) is 40.8 Å². The molecule has 2 aromatic carbocycles. The van der Waals surface area contributed by atoms with Crippen LogP contribution in [0.3, 0.4) is 0 Å². The Bertz CT molecular complexity index is 1610. The molecule has 0 spiro atoms. The number of piperidine rings is 1. The van der Waals surface area contributed by atoms with E-state index < -0.39 is 0 Å². The summed E-state index contributed by atoms with van der Waals surface area (Å²) in [6.45, 7) is 10.7. The van der Waals surface area contributed by atoms with E-state index in [1.165, 1.54) is 11.3 Å². The van der Waals surface area contributed by atoms with Gasteiger partial charge >= 0.3 is 0 Å². The van der Waals surface area contributed by atoms with Crippen LogP contribution in [0.4, 0.5) is 38.9 Å². The first kappa shape index (κ1) is 26.1. The van der Waals surface area contributed by atoms with E-state index in [1.807, 2.05) is 12.1 Å². The maximum atomic E-state index is 15.5. The van der Waals surface area contributed by atoms with Crippen molar-refractivity contribution in [3.8, 4) is 0 Å². The quantitative estimate of drug-likeness (QED) is 0.304. The van der Waals surface area contributed by atoms with Crippen molar-refractivity contribution in [1.29, 1.82) is 0 Å². The highest BCUT2D eigenvalue weighted by Gasteiger charge is 2.36. The lowest BCUT2D eigenvalue weighted by molar-refractivity contribution is 0.0878. The van der Waals surface area contributed by atoms with Crippen LogP contribution in [0.5, 0.6) is 0 Å². The third kappa shape index (κ3) is 4.52. The van der Waals surface area contributed by atoms with E-state index in [1.54, 1.807) is 24.4 Å². The number of nitrogens with one attached hydrogen (secondary N) is 2. The van der Waals surface area contributed by atoms with Crippen molar-refractivity contribution in [3.05, 3.63) is 54.0 Å². The smallest absolute Gasteiger partial charge is 0.231 e. The number of hydrogen-bond donors (Lipinski definition) is 2. The molecule has 0 saturated carbocycles. The van der Waals surface area contributed by atoms with Crippen LogP contribution < -0.4 is 18.8 Å². The van der Waals surface area contributed by atoms with Crippen molar-refractivity contribution in [2.45, 2.75) is 32.2 Å². The SMILES string of the molecule is CCN1CCN(C2CCN(c3ccc(Nc4nc(N5SN6CCc7cccc5c76)c5cn[nH]c5n4)cc3F)CC2)CC1. The van der Waals surface area contributed by atoms with Gasteiger partial charge in [0.2, 0.25) is 5.95 Å². The van der Waals surface area contributed by atoms with Gasteiger partial charge < -0.3 is 15.1 Å². The molecule has 0 aliphatic carbocycles. The Labute approximate surface area is 249 Å². The molecule has 2 N–H and O–H groups in total. The fraction of sp³-hybridized carbons (Fsp3) is 0.433. The minimum absolute atomic E-state index is 0.229. The second-order valence-electron chi connectivity index (χ2n) is 11.5. The lowest BCUT2D eigenvalue weighted by Gasteiger charge is -2.43. The van der Waals surface area contributed by atoms with Gasteiger partial charge in [0.15, 0.2) is 11.5 Å². The summed E-state index contributed by atoms with van der Waals surface area (Å²) < 4.78 is 19.9. The minimum Gasteiger partial charge on any atom is -0.369 e. The van der Waals surface area contributed by atoms with Gasteiger partial charge in [-0.1, -0.05) is 19.1 Å². The number of benzene rings is 2. The number of hydrogen-bond acceptors (Lipinski definition) is 10.